The number of rotatable bonds is 4. The van der Waals surface area contributed by atoms with Crippen LogP contribution in [0.2, 0.25) is 0 Å². The molecule has 5 rings (SSSR count). The molecule has 3 aromatic carbocycles. The molecular weight excluding hydrogens is 418 g/mol. The van der Waals surface area contributed by atoms with Gasteiger partial charge in [0.2, 0.25) is 0 Å². The summed E-state index contributed by atoms with van der Waals surface area (Å²) in [5.74, 6) is 1.57. The lowest BCUT2D eigenvalue weighted by Gasteiger charge is -2.29. The number of hydrogen-bond acceptors (Lipinski definition) is 5. The van der Waals surface area contributed by atoms with E-state index in [2.05, 4.69) is 0 Å². The van der Waals surface area contributed by atoms with Crippen molar-refractivity contribution >= 4 is 16.9 Å². The van der Waals surface area contributed by atoms with Crippen LogP contribution in [0.1, 0.15) is 15.9 Å². The third-order valence-electron chi connectivity index (χ3n) is 5.80. The van der Waals surface area contributed by atoms with Gasteiger partial charge >= 0.3 is 0 Å². The molecule has 1 amide bonds. The summed E-state index contributed by atoms with van der Waals surface area (Å²) in [6.07, 6.45) is -0.307. The van der Waals surface area contributed by atoms with Crippen LogP contribution in [-0.2, 0) is 0 Å². The zero-order chi connectivity index (χ0) is 22.9. The standard InChI is InChI=1S/C27H23NO5/c1-17-24(29)20-11-8-12-21(26(20)33-25(17)18-9-4-3-5-10-18)27(30)28(2)15-19-16-31-22-13-6-7-14-23(22)32-19/h3-14,19H,15-16H2,1-2H3. The Kier molecular flexibility index (Phi) is 5.34. The molecule has 0 spiro atoms. The fourth-order valence-electron chi connectivity index (χ4n) is 4.09. The topological polar surface area (TPSA) is 69.0 Å². The van der Waals surface area contributed by atoms with Gasteiger partial charge in [0.15, 0.2) is 28.6 Å². The van der Waals surface area contributed by atoms with Gasteiger partial charge < -0.3 is 18.8 Å². The van der Waals surface area contributed by atoms with Crippen LogP contribution < -0.4 is 14.9 Å². The van der Waals surface area contributed by atoms with Gasteiger partial charge in [-0.1, -0.05) is 48.5 Å². The number of carbonyl (C=O) groups is 1. The number of amides is 1. The minimum absolute atomic E-state index is 0.145. The quantitative estimate of drug-likeness (QED) is 0.460. The molecule has 2 heterocycles. The number of para-hydroxylation sites is 3. The van der Waals surface area contributed by atoms with Gasteiger partial charge in [-0.25, -0.2) is 0 Å². The normalized spacial score (nSPS) is 14.8. The Balaban J connectivity index is 1.47. The van der Waals surface area contributed by atoms with Crippen molar-refractivity contribution in [2.24, 2.45) is 0 Å². The van der Waals surface area contributed by atoms with Gasteiger partial charge in [0.25, 0.3) is 5.91 Å². The Morgan fingerprint density at radius 2 is 1.70 bits per heavy atom. The molecule has 0 N–H and O–H groups in total. The number of nitrogens with zero attached hydrogens (tertiary/aromatic N) is 1. The number of likely N-dealkylation sites (N-methyl/N-ethyl adjacent to an activating group) is 1. The van der Waals surface area contributed by atoms with Crippen LogP contribution in [0.4, 0.5) is 0 Å². The average Bonchev–Trinajstić information content (AvgIpc) is 2.86. The van der Waals surface area contributed by atoms with Crippen molar-refractivity contribution in [2.45, 2.75) is 13.0 Å². The SMILES string of the molecule is Cc1c(-c2ccccc2)oc2c(C(=O)N(C)CC3COc4ccccc4O3)cccc2c1=O. The fourth-order valence-corrected chi connectivity index (χ4v) is 4.09. The van der Waals surface area contributed by atoms with Gasteiger partial charge in [0.05, 0.1) is 17.5 Å². The smallest absolute Gasteiger partial charge is 0.257 e. The van der Waals surface area contributed by atoms with Crippen LogP contribution in [0.5, 0.6) is 11.5 Å². The summed E-state index contributed by atoms with van der Waals surface area (Å²) in [6, 6.07) is 22.0. The second kappa shape index (κ2) is 8.47. The third kappa shape index (κ3) is 3.84. The molecule has 1 aromatic heterocycles. The van der Waals surface area contributed by atoms with Gasteiger partial charge in [0.1, 0.15) is 12.4 Å². The van der Waals surface area contributed by atoms with Crippen LogP contribution >= 0.6 is 0 Å². The maximum absolute atomic E-state index is 13.4. The minimum Gasteiger partial charge on any atom is -0.486 e. The Labute approximate surface area is 191 Å². The highest BCUT2D eigenvalue weighted by molar-refractivity contribution is 6.05. The van der Waals surface area contributed by atoms with E-state index in [0.29, 0.717) is 46.9 Å². The van der Waals surface area contributed by atoms with E-state index in [1.165, 1.54) is 0 Å². The van der Waals surface area contributed by atoms with E-state index in [1.54, 1.807) is 37.1 Å². The van der Waals surface area contributed by atoms with E-state index in [1.807, 2.05) is 54.6 Å². The number of carbonyl (C=O) groups excluding carboxylic acids is 1. The second-order valence-electron chi connectivity index (χ2n) is 8.12. The number of fused-ring (bicyclic) bond motifs is 2. The summed E-state index contributed by atoms with van der Waals surface area (Å²) >= 11 is 0. The van der Waals surface area contributed by atoms with E-state index in [9.17, 15) is 9.59 Å². The van der Waals surface area contributed by atoms with Crippen molar-refractivity contribution in [1.82, 2.24) is 4.90 Å². The van der Waals surface area contributed by atoms with Gasteiger partial charge in [-0.15, -0.1) is 0 Å². The highest BCUT2D eigenvalue weighted by atomic mass is 16.6. The molecule has 33 heavy (non-hydrogen) atoms. The Bertz CT molecular complexity index is 1390. The summed E-state index contributed by atoms with van der Waals surface area (Å²) in [5.41, 5.74) is 1.78. The van der Waals surface area contributed by atoms with Crippen molar-refractivity contribution in [3.63, 3.8) is 0 Å². The minimum atomic E-state index is -0.307. The molecule has 0 saturated carbocycles. The molecule has 166 valence electrons. The highest BCUT2D eigenvalue weighted by Gasteiger charge is 2.26. The molecule has 0 bridgehead atoms. The maximum atomic E-state index is 13.4. The first-order valence-corrected chi connectivity index (χ1v) is 10.8. The van der Waals surface area contributed by atoms with Crippen LogP contribution in [0.15, 0.2) is 82.0 Å². The van der Waals surface area contributed by atoms with Crippen molar-refractivity contribution < 1.29 is 18.7 Å². The lowest BCUT2D eigenvalue weighted by molar-refractivity contribution is 0.0521. The van der Waals surface area contributed by atoms with Crippen molar-refractivity contribution in [1.29, 1.82) is 0 Å². The number of hydrogen-bond donors (Lipinski definition) is 0. The molecule has 1 atom stereocenters. The first-order valence-electron chi connectivity index (χ1n) is 10.8. The predicted octanol–water partition coefficient (Wildman–Crippen LogP) is 4.68. The lowest BCUT2D eigenvalue weighted by Crippen LogP contribution is -2.41. The molecule has 0 aliphatic carbocycles. The summed E-state index contributed by atoms with van der Waals surface area (Å²) in [4.78, 5) is 28.0. The van der Waals surface area contributed by atoms with E-state index < -0.39 is 0 Å². The molecule has 0 fully saturated rings. The molecule has 4 aromatic rings. The molecule has 0 radical (unpaired) electrons. The zero-order valence-corrected chi connectivity index (χ0v) is 18.4. The summed E-state index contributed by atoms with van der Waals surface area (Å²) < 4.78 is 18.0. The summed E-state index contributed by atoms with van der Waals surface area (Å²) in [7, 11) is 1.70. The Morgan fingerprint density at radius 3 is 2.48 bits per heavy atom. The lowest BCUT2D eigenvalue weighted by atomic mass is 10.0. The highest BCUT2D eigenvalue weighted by Crippen LogP contribution is 2.31. The van der Waals surface area contributed by atoms with Crippen molar-refractivity contribution in [2.75, 3.05) is 20.2 Å². The predicted molar refractivity (Wildman–Crippen MR) is 126 cm³/mol. The maximum Gasteiger partial charge on any atom is 0.257 e. The third-order valence-corrected chi connectivity index (χ3v) is 5.80. The molecule has 6 heteroatoms. The number of ether oxygens (including phenoxy) is 2. The van der Waals surface area contributed by atoms with Crippen molar-refractivity contribution in [3.05, 3.63) is 94.1 Å². The van der Waals surface area contributed by atoms with Gasteiger partial charge in [0, 0.05) is 18.2 Å². The van der Waals surface area contributed by atoms with E-state index >= 15 is 0 Å². The Hall–Kier alpha value is -4.06. The van der Waals surface area contributed by atoms with Crippen LogP contribution in [0.3, 0.4) is 0 Å². The largest absolute Gasteiger partial charge is 0.486 e. The molecule has 0 saturated heterocycles. The van der Waals surface area contributed by atoms with E-state index in [0.717, 1.165) is 5.56 Å². The first kappa shape index (κ1) is 20.8. The fraction of sp³-hybridized carbons (Fsp3) is 0.185. The van der Waals surface area contributed by atoms with Gasteiger partial charge in [-0.3, -0.25) is 9.59 Å². The van der Waals surface area contributed by atoms with Crippen LogP contribution in [-0.4, -0.2) is 37.1 Å². The molecule has 6 nitrogen and oxygen atoms in total. The average molecular weight is 441 g/mol. The van der Waals surface area contributed by atoms with Crippen LogP contribution in [0.25, 0.3) is 22.3 Å². The molecule has 1 aliphatic rings. The molecule has 1 unspecified atom stereocenters. The summed E-state index contributed by atoms with van der Waals surface area (Å²) in [6.45, 7) is 2.41. The van der Waals surface area contributed by atoms with Gasteiger partial charge in [-0.05, 0) is 31.2 Å². The monoisotopic (exact) mass is 441 g/mol. The summed E-state index contributed by atoms with van der Waals surface area (Å²) in [5, 5.41) is 0.387. The molecular formula is C27H23NO5. The van der Waals surface area contributed by atoms with E-state index in [-0.39, 0.29) is 23.0 Å². The van der Waals surface area contributed by atoms with Gasteiger partial charge in [-0.2, -0.15) is 0 Å². The van der Waals surface area contributed by atoms with E-state index in [4.69, 9.17) is 13.9 Å². The Morgan fingerprint density at radius 1 is 0.970 bits per heavy atom. The number of benzene rings is 3. The first-order chi connectivity index (χ1) is 16.0. The van der Waals surface area contributed by atoms with Crippen molar-refractivity contribution in [3.8, 4) is 22.8 Å². The second-order valence-corrected chi connectivity index (χ2v) is 8.12. The van der Waals surface area contributed by atoms with Crippen LogP contribution in [0, 0.1) is 6.92 Å². The zero-order valence-electron chi connectivity index (χ0n) is 18.4. The molecule has 1 aliphatic heterocycles.